The predicted molar refractivity (Wildman–Crippen MR) is 183 cm³/mol. The number of nitrogens with one attached hydrogen (secondary N) is 2. The Labute approximate surface area is 277 Å². The van der Waals surface area contributed by atoms with Crippen LogP contribution in [0.5, 0.6) is 0 Å². The first-order valence-electron chi connectivity index (χ1n) is 16.8. The number of rotatable bonds is 22. The van der Waals surface area contributed by atoms with E-state index in [0.717, 1.165) is 37.8 Å². The number of carbonyl (C=O) groups is 1. The molecule has 1 fully saturated rings. The van der Waals surface area contributed by atoms with Gasteiger partial charge in [-0.25, -0.2) is 13.1 Å². The van der Waals surface area contributed by atoms with Crippen molar-refractivity contribution in [2.45, 2.75) is 102 Å². The zero-order valence-corrected chi connectivity index (χ0v) is 28.2. The number of ether oxygens (including phenoxy) is 1. The average Bonchev–Trinajstić information content (AvgIpc) is 3.06. The molecule has 0 spiro atoms. The monoisotopic (exact) mass is 675 g/mol. The molecular formula is C33H49N5O8S. The summed E-state index contributed by atoms with van der Waals surface area (Å²) < 4.78 is 33.4. The smallest absolute Gasteiger partial charge is 0.300 e. The number of unbranched alkanes of at least 4 members (excludes halogenated alkanes) is 13. The standard InChI is InChI=1S/C33H49N5O8S/c1-2-3-4-5-6-7-8-9-10-11-12-13-14-15-20-34-47(44,45)29-18-16-28(17-19-29)35-33(39)27-25-30(37(40)41)32(31(26-27)38(42)43)36-21-23-46-24-22-36/h16-19,25-26,34H,2-15,20-24H2,1H3,(H,35,39). The number of nitro groups is 2. The second kappa shape index (κ2) is 19.9. The van der Waals surface area contributed by atoms with E-state index in [-0.39, 0.29) is 48.1 Å². The van der Waals surface area contributed by atoms with Crippen LogP contribution in [0.3, 0.4) is 0 Å². The Kier molecular flexibility index (Phi) is 16.0. The molecule has 260 valence electrons. The normalized spacial score (nSPS) is 13.4. The van der Waals surface area contributed by atoms with Gasteiger partial charge in [0.1, 0.15) is 0 Å². The third-order valence-corrected chi connectivity index (χ3v) is 9.77. The van der Waals surface area contributed by atoms with Crippen molar-refractivity contribution in [3.8, 4) is 0 Å². The van der Waals surface area contributed by atoms with Crippen LogP contribution in [-0.4, -0.2) is 57.0 Å². The molecule has 0 unspecified atom stereocenters. The summed E-state index contributed by atoms with van der Waals surface area (Å²) in [6.07, 6.45) is 17.1. The van der Waals surface area contributed by atoms with Gasteiger partial charge in [0.25, 0.3) is 17.3 Å². The Morgan fingerprint density at radius 1 is 0.787 bits per heavy atom. The van der Waals surface area contributed by atoms with Crippen molar-refractivity contribution in [3.63, 3.8) is 0 Å². The Bertz CT molecular complexity index is 1380. The molecule has 0 aliphatic carbocycles. The van der Waals surface area contributed by atoms with Gasteiger partial charge in [0.2, 0.25) is 10.0 Å². The van der Waals surface area contributed by atoms with Crippen LogP contribution in [0.2, 0.25) is 0 Å². The highest BCUT2D eigenvalue weighted by Crippen LogP contribution is 2.39. The number of amides is 1. The van der Waals surface area contributed by atoms with Crippen molar-refractivity contribution < 1.29 is 27.8 Å². The molecule has 1 heterocycles. The van der Waals surface area contributed by atoms with Gasteiger partial charge >= 0.3 is 0 Å². The van der Waals surface area contributed by atoms with Crippen LogP contribution in [0, 0.1) is 20.2 Å². The number of sulfonamides is 1. The number of hydrogen-bond donors (Lipinski definition) is 2. The molecule has 0 bridgehead atoms. The number of anilines is 2. The number of nitrogens with zero attached hydrogens (tertiary/aromatic N) is 3. The molecule has 1 saturated heterocycles. The molecule has 1 aliphatic heterocycles. The van der Waals surface area contributed by atoms with E-state index in [0.29, 0.717) is 6.54 Å². The molecule has 0 saturated carbocycles. The maximum Gasteiger partial charge on any atom is 0.300 e. The van der Waals surface area contributed by atoms with E-state index in [1.807, 2.05) is 0 Å². The second-order valence-electron chi connectivity index (χ2n) is 11.9. The van der Waals surface area contributed by atoms with Crippen molar-refractivity contribution in [2.24, 2.45) is 0 Å². The zero-order valence-electron chi connectivity index (χ0n) is 27.4. The maximum atomic E-state index is 13.0. The molecular weight excluding hydrogens is 626 g/mol. The molecule has 1 amide bonds. The zero-order chi connectivity index (χ0) is 34.1. The van der Waals surface area contributed by atoms with E-state index in [1.54, 1.807) is 0 Å². The van der Waals surface area contributed by atoms with E-state index in [2.05, 4.69) is 17.0 Å². The van der Waals surface area contributed by atoms with Crippen molar-refractivity contribution in [2.75, 3.05) is 43.1 Å². The van der Waals surface area contributed by atoms with Crippen LogP contribution < -0.4 is 14.9 Å². The number of hydrogen-bond acceptors (Lipinski definition) is 9. The van der Waals surface area contributed by atoms with Gasteiger partial charge in [-0.3, -0.25) is 25.0 Å². The van der Waals surface area contributed by atoms with Crippen LogP contribution in [0.4, 0.5) is 22.7 Å². The molecule has 0 aromatic heterocycles. The van der Waals surface area contributed by atoms with E-state index >= 15 is 0 Å². The van der Waals surface area contributed by atoms with Gasteiger partial charge in [-0.15, -0.1) is 0 Å². The van der Waals surface area contributed by atoms with E-state index in [4.69, 9.17) is 4.74 Å². The molecule has 2 aromatic rings. The summed E-state index contributed by atoms with van der Waals surface area (Å²) in [4.78, 5) is 36.7. The van der Waals surface area contributed by atoms with Crippen LogP contribution in [0.15, 0.2) is 41.3 Å². The highest BCUT2D eigenvalue weighted by molar-refractivity contribution is 7.89. The summed E-state index contributed by atoms with van der Waals surface area (Å²) in [5.74, 6) is -0.809. The lowest BCUT2D eigenvalue weighted by atomic mass is 10.0. The van der Waals surface area contributed by atoms with Crippen LogP contribution in [0.25, 0.3) is 0 Å². The molecule has 0 atom stereocenters. The van der Waals surface area contributed by atoms with Gasteiger partial charge in [-0.05, 0) is 30.7 Å². The van der Waals surface area contributed by atoms with Gasteiger partial charge < -0.3 is 15.0 Å². The predicted octanol–water partition coefficient (Wildman–Crippen LogP) is 7.35. The Balaban J connectivity index is 1.44. The average molecular weight is 676 g/mol. The topological polar surface area (TPSA) is 174 Å². The van der Waals surface area contributed by atoms with Crippen molar-refractivity contribution in [1.82, 2.24) is 4.72 Å². The van der Waals surface area contributed by atoms with Crippen molar-refractivity contribution in [1.29, 1.82) is 0 Å². The van der Waals surface area contributed by atoms with E-state index in [9.17, 15) is 33.4 Å². The highest BCUT2D eigenvalue weighted by atomic mass is 32.2. The highest BCUT2D eigenvalue weighted by Gasteiger charge is 2.33. The van der Waals surface area contributed by atoms with Crippen molar-refractivity contribution in [3.05, 3.63) is 62.2 Å². The number of nitro benzene ring substituents is 2. The second-order valence-corrected chi connectivity index (χ2v) is 13.7. The minimum atomic E-state index is -3.75. The molecule has 47 heavy (non-hydrogen) atoms. The summed E-state index contributed by atoms with van der Waals surface area (Å²) in [5, 5.41) is 26.3. The fraction of sp³-hybridized carbons (Fsp3) is 0.606. The fourth-order valence-corrected chi connectivity index (χ4v) is 6.73. The summed E-state index contributed by atoms with van der Waals surface area (Å²) in [6.45, 7) is 3.56. The maximum absolute atomic E-state index is 13.0. The molecule has 2 aromatic carbocycles. The number of benzene rings is 2. The van der Waals surface area contributed by atoms with E-state index in [1.165, 1.54) is 93.4 Å². The largest absolute Gasteiger partial charge is 0.378 e. The lowest BCUT2D eigenvalue weighted by molar-refractivity contribution is -0.392. The van der Waals surface area contributed by atoms with Gasteiger partial charge in [0.05, 0.1) is 33.5 Å². The third-order valence-electron chi connectivity index (χ3n) is 8.30. The number of carbonyl (C=O) groups excluding carboxylic acids is 1. The summed E-state index contributed by atoms with van der Waals surface area (Å²) in [5.41, 5.74) is -1.33. The quantitative estimate of drug-likeness (QED) is 0.0734. The first-order chi connectivity index (χ1) is 22.6. The Morgan fingerprint density at radius 2 is 1.26 bits per heavy atom. The third kappa shape index (κ3) is 12.5. The summed E-state index contributed by atoms with van der Waals surface area (Å²) in [7, 11) is -3.75. The molecule has 1 aliphatic rings. The van der Waals surface area contributed by atoms with Gasteiger partial charge in [0.15, 0.2) is 5.69 Å². The van der Waals surface area contributed by atoms with Crippen LogP contribution in [-0.2, 0) is 14.8 Å². The van der Waals surface area contributed by atoms with Crippen molar-refractivity contribution >= 4 is 38.7 Å². The molecule has 0 radical (unpaired) electrons. The van der Waals surface area contributed by atoms with Crippen LogP contribution >= 0.6 is 0 Å². The number of morpholine rings is 1. The Hall–Kier alpha value is -3.62. The van der Waals surface area contributed by atoms with Gasteiger partial charge in [-0.1, -0.05) is 90.4 Å². The first kappa shape index (κ1) is 37.8. The lowest BCUT2D eigenvalue weighted by Gasteiger charge is -2.28. The minimum absolute atomic E-state index is 0.0296. The van der Waals surface area contributed by atoms with Gasteiger partial charge in [0, 0.05) is 37.5 Å². The van der Waals surface area contributed by atoms with E-state index < -0.39 is 37.2 Å². The summed E-state index contributed by atoms with van der Waals surface area (Å²) in [6, 6.07) is 7.49. The molecule has 3 rings (SSSR count). The lowest BCUT2D eigenvalue weighted by Crippen LogP contribution is -2.37. The Morgan fingerprint density at radius 3 is 1.72 bits per heavy atom. The molecule has 13 nitrogen and oxygen atoms in total. The minimum Gasteiger partial charge on any atom is -0.378 e. The van der Waals surface area contributed by atoms with Crippen LogP contribution in [0.1, 0.15) is 107 Å². The molecule has 14 heteroatoms. The SMILES string of the molecule is CCCCCCCCCCCCCCCCNS(=O)(=O)c1ccc(NC(=O)c2cc([N+](=O)[O-])c(N3CCOCC3)c([N+](=O)[O-])c2)cc1. The molecule has 2 N–H and O–H groups in total. The summed E-state index contributed by atoms with van der Waals surface area (Å²) >= 11 is 0. The van der Waals surface area contributed by atoms with Gasteiger partial charge in [-0.2, -0.15) is 0 Å². The first-order valence-corrected chi connectivity index (χ1v) is 18.3. The fourth-order valence-electron chi connectivity index (χ4n) is 5.65.